The molecule has 1 amide bonds. The minimum Gasteiger partial charge on any atom is -0.352 e. The van der Waals surface area contributed by atoms with E-state index in [0.717, 1.165) is 28.5 Å². The topological polar surface area (TPSA) is 41.1 Å². The van der Waals surface area contributed by atoms with Gasteiger partial charge in [-0.3, -0.25) is 4.79 Å². The third-order valence-corrected chi connectivity index (χ3v) is 3.42. The highest BCUT2D eigenvalue weighted by Gasteiger charge is 2.09. The van der Waals surface area contributed by atoms with E-state index in [0.29, 0.717) is 12.1 Å². The fourth-order valence-electron chi connectivity index (χ4n) is 1.36. The predicted octanol–water partition coefficient (Wildman–Crippen LogP) is 2.94. The molecule has 0 aliphatic heterocycles. The van der Waals surface area contributed by atoms with Crippen molar-refractivity contribution in [3.8, 4) is 0 Å². The summed E-state index contributed by atoms with van der Waals surface area (Å²) in [7, 11) is 0. The number of carbonyl (C=O) groups is 1. The van der Waals surface area contributed by atoms with Crippen LogP contribution in [-0.4, -0.2) is 25.5 Å². The molecule has 17 heavy (non-hydrogen) atoms. The summed E-state index contributed by atoms with van der Waals surface area (Å²) in [4.78, 5) is 11.9. The van der Waals surface area contributed by atoms with Crippen LogP contribution in [0.4, 0.5) is 0 Å². The van der Waals surface area contributed by atoms with E-state index in [1.54, 1.807) is 0 Å². The summed E-state index contributed by atoms with van der Waals surface area (Å²) in [5.74, 6) is -0.0466. The number of halogens is 2. The number of carbonyl (C=O) groups excluding carboxylic acids is 1. The molecule has 0 aliphatic rings. The van der Waals surface area contributed by atoms with Crippen molar-refractivity contribution < 1.29 is 4.79 Å². The second-order valence-electron chi connectivity index (χ2n) is 3.59. The Hall–Kier alpha value is -0.390. The predicted molar refractivity (Wildman–Crippen MR) is 77.3 cm³/mol. The van der Waals surface area contributed by atoms with Gasteiger partial charge in [-0.05, 0) is 53.6 Å². The Bertz CT molecular complexity index is 383. The van der Waals surface area contributed by atoms with Gasteiger partial charge in [-0.2, -0.15) is 0 Å². The maximum Gasteiger partial charge on any atom is 0.252 e. The molecular weight excluding hydrogens is 348 g/mol. The number of amides is 1. The van der Waals surface area contributed by atoms with Crippen LogP contribution >= 0.6 is 31.9 Å². The lowest BCUT2D eigenvalue weighted by Crippen LogP contribution is -2.27. The normalized spacial score (nSPS) is 10.3. The number of benzene rings is 1. The van der Waals surface area contributed by atoms with E-state index in [-0.39, 0.29) is 5.91 Å². The van der Waals surface area contributed by atoms with Crippen molar-refractivity contribution in [2.75, 3.05) is 19.6 Å². The summed E-state index contributed by atoms with van der Waals surface area (Å²) < 4.78 is 1.71. The summed E-state index contributed by atoms with van der Waals surface area (Å²) >= 11 is 6.73. The smallest absolute Gasteiger partial charge is 0.252 e. The van der Waals surface area contributed by atoms with Crippen LogP contribution < -0.4 is 10.6 Å². The lowest BCUT2D eigenvalue weighted by Gasteiger charge is -2.07. The second-order valence-corrected chi connectivity index (χ2v) is 5.36. The molecule has 0 radical (unpaired) electrons. The Labute approximate surface area is 119 Å². The first-order chi connectivity index (χ1) is 8.15. The molecule has 2 N–H and O–H groups in total. The average Bonchev–Trinajstić information content (AvgIpc) is 2.32. The maximum atomic E-state index is 11.9. The lowest BCUT2D eigenvalue weighted by molar-refractivity contribution is 0.0952. The minimum atomic E-state index is -0.0466. The van der Waals surface area contributed by atoms with Crippen molar-refractivity contribution >= 4 is 37.8 Å². The zero-order valence-electron chi connectivity index (χ0n) is 9.72. The van der Waals surface area contributed by atoms with Gasteiger partial charge in [0.2, 0.25) is 0 Å². The molecular formula is C12H16Br2N2O. The van der Waals surface area contributed by atoms with Crippen LogP contribution in [0.1, 0.15) is 23.7 Å². The highest BCUT2D eigenvalue weighted by atomic mass is 79.9. The molecule has 0 aliphatic carbocycles. The third-order valence-electron chi connectivity index (χ3n) is 2.24. The zero-order valence-corrected chi connectivity index (χ0v) is 12.9. The Kier molecular flexibility index (Phi) is 6.77. The first-order valence-corrected chi connectivity index (χ1v) is 7.17. The van der Waals surface area contributed by atoms with Crippen molar-refractivity contribution in [1.82, 2.24) is 10.6 Å². The van der Waals surface area contributed by atoms with Crippen LogP contribution in [0.3, 0.4) is 0 Å². The van der Waals surface area contributed by atoms with Gasteiger partial charge in [-0.25, -0.2) is 0 Å². The SMILES string of the molecule is CCNCCCNC(=O)c1cc(Br)ccc1Br. The Morgan fingerprint density at radius 3 is 2.76 bits per heavy atom. The van der Waals surface area contributed by atoms with Gasteiger partial charge in [0, 0.05) is 15.5 Å². The number of nitrogens with one attached hydrogen (secondary N) is 2. The van der Waals surface area contributed by atoms with Gasteiger partial charge in [0.05, 0.1) is 5.56 Å². The lowest BCUT2D eigenvalue weighted by atomic mass is 10.2. The van der Waals surface area contributed by atoms with Gasteiger partial charge in [-0.1, -0.05) is 22.9 Å². The van der Waals surface area contributed by atoms with Gasteiger partial charge < -0.3 is 10.6 Å². The Morgan fingerprint density at radius 2 is 2.06 bits per heavy atom. The third kappa shape index (κ3) is 5.19. The fraction of sp³-hybridized carbons (Fsp3) is 0.417. The van der Waals surface area contributed by atoms with E-state index >= 15 is 0 Å². The summed E-state index contributed by atoms with van der Waals surface area (Å²) in [5, 5.41) is 6.11. The molecule has 1 aromatic carbocycles. The van der Waals surface area contributed by atoms with Gasteiger partial charge in [0.1, 0.15) is 0 Å². The molecule has 0 unspecified atom stereocenters. The molecule has 5 heteroatoms. The molecule has 3 nitrogen and oxygen atoms in total. The Morgan fingerprint density at radius 1 is 1.29 bits per heavy atom. The maximum absolute atomic E-state index is 11.9. The molecule has 0 atom stereocenters. The van der Waals surface area contributed by atoms with E-state index in [1.807, 2.05) is 18.2 Å². The molecule has 1 rings (SSSR count). The summed E-state index contributed by atoms with van der Waals surface area (Å²) in [6.07, 6.45) is 0.936. The van der Waals surface area contributed by atoms with Gasteiger partial charge in [-0.15, -0.1) is 0 Å². The number of hydrogen-bond acceptors (Lipinski definition) is 2. The largest absolute Gasteiger partial charge is 0.352 e. The molecule has 0 fully saturated rings. The van der Waals surface area contributed by atoms with Crippen LogP contribution in [0, 0.1) is 0 Å². The second kappa shape index (κ2) is 7.84. The monoisotopic (exact) mass is 362 g/mol. The summed E-state index contributed by atoms with van der Waals surface area (Å²) in [6.45, 7) is 4.64. The van der Waals surface area contributed by atoms with E-state index in [1.165, 1.54) is 0 Å². The first kappa shape index (κ1) is 14.7. The molecule has 94 valence electrons. The van der Waals surface area contributed by atoms with E-state index in [2.05, 4.69) is 49.4 Å². The minimum absolute atomic E-state index is 0.0466. The zero-order chi connectivity index (χ0) is 12.7. The standard InChI is InChI=1S/C12H16Br2N2O/c1-2-15-6-3-7-16-12(17)10-8-9(13)4-5-11(10)14/h4-5,8,15H,2-3,6-7H2,1H3,(H,16,17). The quantitative estimate of drug-likeness (QED) is 0.763. The number of rotatable bonds is 6. The van der Waals surface area contributed by atoms with Crippen molar-refractivity contribution in [1.29, 1.82) is 0 Å². The molecule has 0 heterocycles. The molecule has 0 saturated heterocycles. The number of hydrogen-bond donors (Lipinski definition) is 2. The molecule has 0 bridgehead atoms. The van der Waals surface area contributed by atoms with Crippen LogP contribution in [-0.2, 0) is 0 Å². The molecule has 0 aromatic heterocycles. The van der Waals surface area contributed by atoms with E-state index in [4.69, 9.17) is 0 Å². The van der Waals surface area contributed by atoms with Crippen LogP contribution in [0.15, 0.2) is 27.1 Å². The molecule has 1 aromatic rings. The van der Waals surface area contributed by atoms with Gasteiger partial charge in [0.15, 0.2) is 0 Å². The van der Waals surface area contributed by atoms with Crippen molar-refractivity contribution in [3.63, 3.8) is 0 Å². The Balaban J connectivity index is 2.44. The van der Waals surface area contributed by atoms with E-state index in [9.17, 15) is 4.79 Å². The van der Waals surface area contributed by atoms with Crippen molar-refractivity contribution in [2.45, 2.75) is 13.3 Å². The van der Waals surface area contributed by atoms with E-state index < -0.39 is 0 Å². The van der Waals surface area contributed by atoms with Crippen LogP contribution in [0.25, 0.3) is 0 Å². The van der Waals surface area contributed by atoms with Gasteiger partial charge >= 0.3 is 0 Å². The van der Waals surface area contributed by atoms with Crippen molar-refractivity contribution in [2.24, 2.45) is 0 Å². The summed E-state index contributed by atoms with van der Waals surface area (Å²) in [5.41, 5.74) is 0.655. The molecule has 0 spiro atoms. The van der Waals surface area contributed by atoms with Crippen LogP contribution in [0.5, 0.6) is 0 Å². The average molecular weight is 364 g/mol. The summed E-state index contributed by atoms with van der Waals surface area (Å²) in [6, 6.07) is 5.56. The van der Waals surface area contributed by atoms with Gasteiger partial charge in [0.25, 0.3) is 5.91 Å². The molecule has 0 saturated carbocycles. The highest BCUT2D eigenvalue weighted by molar-refractivity contribution is 9.11. The van der Waals surface area contributed by atoms with Crippen molar-refractivity contribution in [3.05, 3.63) is 32.7 Å². The highest BCUT2D eigenvalue weighted by Crippen LogP contribution is 2.21. The van der Waals surface area contributed by atoms with Crippen LogP contribution in [0.2, 0.25) is 0 Å². The first-order valence-electron chi connectivity index (χ1n) is 5.59. The fourth-order valence-corrected chi connectivity index (χ4v) is 2.15.